The van der Waals surface area contributed by atoms with Crippen molar-refractivity contribution in [3.8, 4) is 0 Å². The van der Waals surface area contributed by atoms with Gasteiger partial charge in [0, 0.05) is 17.6 Å². The number of methoxy groups -OCH3 is 2. The van der Waals surface area contributed by atoms with E-state index in [-0.39, 0.29) is 5.12 Å². The van der Waals surface area contributed by atoms with Gasteiger partial charge in [-0.05, 0) is 37.3 Å². The van der Waals surface area contributed by atoms with Crippen LogP contribution in [0.3, 0.4) is 0 Å². The maximum absolute atomic E-state index is 13.0. The number of anilines is 1. The molecule has 1 aromatic carbocycles. The van der Waals surface area contributed by atoms with Crippen molar-refractivity contribution in [1.82, 2.24) is 9.55 Å². The molecule has 2 aliphatic heterocycles. The minimum Gasteiger partial charge on any atom is -0.496 e. The maximum atomic E-state index is 13.0. The first-order valence-electron chi connectivity index (χ1n) is 10.1. The van der Waals surface area contributed by atoms with E-state index in [1.54, 1.807) is 20.4 Å². The zero-order valence-corrected chi connectivity index (χ0v) is 18.7. The van der Waals surface area contributed by atoms with Crippen molar-refractivity contribution in [2.75, 3.05) is 19.1 Å². The molecule has 0 N–H and O–H groups in total. The van der Waals surface area contributed by atoms with Gasteiger partial charge in [0.15, 0.2) is 5.88 Å². The maximum Gasteiger partial charge on any atom is 0.225 e. The summed E-state index contributed by atoms with van der Waals surface area (Å²) in [6.45, 7) is 4.16. The molecule has 2 aromatic rings. The number of nitrogens with zero attached hydrogens (tertiary/aromatic N) is 3. The number of carbonyl (C=O) groups is 1. The van der Waals surface area contributed by atoms with Crippen LogP contribution in [0.25, 0.3) is 5.70 Å². The molecule has 0 radical (unpaired) electrons. The summed E-state index contributed by atoms with van der Waals surface area (Å²) >= 11 is 1.19. The zero-order chi connectivity index (χ0) is 21.8. The van der Waals surface area contributed by atoms with Gasteiger partial charge in [-0.1, -0.05) is 42.5 Å². The minimum atomic E-state index is -0.467. The molecule has 1 spiro atoms. The Kier molecular flexibility index (Phi) is 4.59. The molecule has 1 aromatic heterocycles. The summed E-state index contributed by atoms with van der Waals surface area (Å²) in [4.78, 5) is 19.8. The first kappa shape index (κ1) is 19.8. The predicted molar refractivity (Wildman–Crippen MR) is 122 cm³/mol. The Hall–Kier alpha value is -3.19. The fourth-order valence-corrected chi connectivity index (χ4v) is 5.71. The second-order valence-corrected chi connectivity index (χ2v) is 8.77. The van der Waals surface area contributed by atoms with Gasteiger partial charge in [-0.25, -0.2) is 4.98 Å². The van der Waals surface area contributed by atoms with E-state index in [0.29, 0.717) is 5.56 Å². The molecule has 158 valence electrons. The van der Waals surface area contributed by atoms with Gasteiger partial charge in [-0.15, -0.1) is 0 Å². The number of hydrogen-bond acceptors (Lipinski definition) is 6. The number of thioether (sulfide) groups is 1. The third-order valence-corrected chi connectivity index (χ3v) is 6.93. The van der Waals surface area contributed by atoms with E-state index in [9.17, 15) is 4.79 Å². The Balaban J connectivity index is 1.69. The van der Waals surface area contributed by atoms with Crippen molar-refractivity contribution in [3.63, 3.8) is 0 Å². The molecule has 0 amide bonds. The lowest BCUT2D eigenvalue weighted by molar-refractivity contribution is 0.108. The molecule has 0 fully saturated rings. The van der Waals surface area contributed by atoms with Crippen LogP contribution >= 0.6 is 11.8 Å². The number of rotatable bonds is 4. The Morgan fingerprint density at radius 2 is 1.94 bits per heavy atom. The van der Waals surface area contributed by atoms with Crippen molar-refractivity contribution in [3.05, 3.63) is 83.1 Å². The predicted octanol–water partition coefficient (Wildman–Crippen LogP) is 4.99. The molecule has 5 rings (SSSR count). The first-order chi connectivity index (χ1) is 15.0. The number of fused-ring (bicyclic) bond motifs is 3. The smallest absolute Gasteiger partial charge is 0.225 e. The molecule has 1 aliphatic carbocycles. The molecule has 0 saturated heterocycles. The zero-order valence-electron chi connectivity index (χ0n) is 17.9. The topological polar surface area (TPSA) is 56.6 Å². The lowest BCUT2D eigenvalue weighted by atomic mass is 9.78. The van der Waals surface area contributed by atoms with Crippen molar-refractivity contribution >= 4 is 28.5 Å². The number of imidazole rings is 1. The van der Waals surface area contributed by atoms with Crippen LogP contribution in [-0.4, -0.2) is 34.4 Å². The standard InChI is InChI=1S/C24H23N3O3S/c1-15-13-24-12-8-11-18(29-3)27(24)23-25-14-19(26(23)21(24)16(2)20(15)30-4)31-22(28)17-9-6-5-7-10-17/h5-12,14H,13H2,1-4H3. The van der Waals surface area contributed by atoms with Gasteiger partial charge in [0.1, 0.15) is 16.3 Å². The number of aromatic nitrogens is 2. The number of carbonyl (C=O) groups excluding carboxylic acids is 1. The summed E-state index contributed by atoms with van der Waals surface area (Å²) in [6, 6.07) is 9.31. The molecule has 3 heterocycles. The Bertz CT molecular complexity index is 1210. The lowest BCUT2D eigenvalue weighted by Gasteiger charge is -2.42. The van der Waals surface area contributed by atoms with Crippen molar-refractivity contribution < 1.29 is 14.3 Å². The van der Waals surface area contributed by atoms with Crippen LogP contribution in [-0.2, 0) is 9.47 Å². The van der Waals surface area contributed by atoms with E-state index in [1.807, 2.05) is 42.5 Å². The first-order valence-corrected chi connectivity index (χ1v) is 10.9. The van der Waals surface area contributed by atoms with Gasteiger partial charge >= 0.3 is 0 Å². The Labute approximate surface area is 185 Å². The highest BCUT2D eigenvalue weighted by Crippen LogP contribution is 2.55. The van der Waals surface area contributed by atoms with E-state index in [2.05, 4.69) is 29.4 Å². The monoisotopic (exact) mass is 433 g/mol. The summed E-state index contributed by atoms with van der Waals surface area (Å²) in [6.07, 6.45) is 8.65. The van der Waals surface area contributed by atoms with E-state index in [0.717, 1.165) is 45.9 Å². The molecule has 7 heteroatoms. The van der Waals surface area contributed by atoms with Gasteiger partial charge < -0.3 is 9.47 Å². The number of allylic oxidation sites excluding steroid dienone is 3. The summed E-state index contributed by atoms with van der Waals surface area (Å²) in [7, 11) is 3.37. The summed E-state index contributed by atoms with van der Waals surface area (Å²) in [5.74, 6) is 2.34. The van der Waals surface area contributed by atoms with Crippen molar-refractivity contribution in [2.24, 2.45) is 0 Å². The average molecular weight is 434 g/mol. The van der Waals surface area contributed by atoms with Gasteiger partial charge in [0.05, 0.1) is 26.1 Å². The second kappa shape index (κ2) is 7.20. The van der Waals surface area contributed by atoms with E-state index >= 15 is 0 Å². The molecular formula is C24H23N3O3S. The minimum absolute atomic E-state index is 0.0204. The third kappa shape index (κ3) is 2.73. The third-order valence-electron chi connectivity index (χ3n) is 6.01. The highest BCUT2D eigenvalue weighted by molar-refractivity contribution is 8.14. The van der Waals surface area contributed by atoms with E-state index in [4.69, 9.17) is 14.5 Å². The van der Waals surface area contributed by atoms with Gasteiger partial charge in [0.25, 0.3) is 0 Å². The molecule has 31 heavy (non-hydrogen) atoms. The van der Waals surface area contributed by atoms with Crippen LogP contribution in [0.4, 0.5) is 5.95 Å². The van der Waals surface area contributed by atoms with Crippen molar-refractivity contribution in [1.29, 1.82) is 0 Å². The molecule has 0 saturated carbocycles. The molecule has 1 unspecified atom stereocenters. The second-order valence-electron chi connectivity index (χ2n) is 7.78. The van der Waals surface area contributed by atoms with E-state index in [1.165, 1.54) is 11.8 Å². The number of ether oxygens (including phenoxy) is 2. The van der Waals surface area contributed by atoms with Gasteiger partial charge in [-0.2, -0.15) is 0 Å². The Morgan fingerprint density at radius 3 is 2.65 bits per heavy atom. The summed E-state index contributed by atoms with van der Waals surface area (Å²) < 4.78 is 13.6. The van der Waals surface area contributed by atoms with Crippen LogP contribution in [0, 0.1) is 0 Å². The molecule has 6 nitrogen and oxygen atoms in total. The molecule has 3 aliphatic rings. The molecule has 1 atom stereocenters. The van der Waals surface area contributed by atoms with Gasteiger partial charge in [0.2, 0.25) is 11.1 Å². The van der Waals surface area contributed by atoms with Crippen LogP contribution in [0.1, 0.15) is 30.6 Å². The quantitative estimate of drug-likeness (QED) is 0.634. The number of benzene rings is 1. The average Bonchev–Trinajstić information content (AvgIpc) is 3.29. The largest absolute Gasteiger partial charge is 0.496 e. The molecular weight excluding hydrogens is 410 g/mol. The lowest BCUT2D eigenvalue weighted by Crippen LogP contribution is -2.48. The fourth-order valence-electron chi connectivity index (χ4n) is 4.90. The normalized spacial score (nSPS) is 21.5. The van der Waals surface area contributed by atoms with E-state index < -0.39 is 5.54 Å². The Morgan fingerprint density at radius 1 is 1.16 bits per heavy atom. The van der Waals surface area contributed by atoms with Gasteiger partial charge in [-0.3, -0.25) is 14.3 Å². The highest BCUT2D eigenvalue weighted by atomic mass is 32.2. The van der Waals surface area contributed by atoms with Crippen LogP contribution in [0.5, 0.6) is 0 Å². The summed E-state index contributed by atoms with van der Waals surface area (Å²) in [5.41, 5.74) is 3.43. The SMILES string of the molecule is COC1=CC=CC23CC(C)=C(OC)C(C)=C2n2c(SC(=O)c4ccccc4)cnc2N13. The van der Waals surface area contributed by atoms with Crippen LogP contribution < -0.4 is 4.90 Å². The highest BCUT2D eigenvalue weighted by Gasteiger charge is 2.54. The number of hydrogen-bond donors (Lipinski definition) is 0. The van der Waals surface area contributed by atoms with Crippen molar-refractivity contribution in [2.45, 2.75) is 30.8 Å². The van der Waals surface area contributed by atoms with Crippen LogP contribution in [0.2, 0.25) is 0 Å². The summed E-state index contributed by atoms with van der Waals surface area (Å²) in [5, 5.41) is 0.749. The molecule has 0 bridgehead atoms. The fraction of sp³-hybridized carbons (Fsp3) is 0.250. The van der Waals surface area contributed by atoms with Crippen LogP contribution in [0.15, 0.2) is 82.6 Å².